The van der Waals surface area contributed by atoms with Crippen LogP contribution in [-0.4, -0.2) is 13.2 Å². The molecule has 1 rings (SSSR count). The first-order valence-electron chi connectivity index (χ1n) is 5.46. The molecule has 0 atom stereocenters. The maximum atomic E-state index is 11.9. The second kappa shape index (κ2) is 7.19. The van der Waals surface area contributed by atoms with E-state index >= 15 is 0 Å². The molecule has 0 aliphatic carbocycles. The summed E-state index contributed by atoms with van der Waals surface area (Å²) in [7, 11) is 0. The van der Waals surface area contributed by atoms with Crippen molar-refractivity contribution in [3.8, 4) is 5.75 Å². The van der Waals surface area contributed by atoms with Crippen LogP contribution in [0.4, 0.5) is 8.78 Å². The van der Waals surface area contributed by atoms with E-state index in [9.17, 15) is 8.78 Å². The van der Waals surface area contributed by atoms with Crippen molar-refractivity contribution in [1.82, 2.24) is 5.48 Å². The van der Waals surface area contributed by atoms with Crippen molar-refractivity contribution in [1.29, 1.82) is 0 Å². The van der Waals surface area contributed by atoms with Gasteiger partial charge < -0.3 is 9.57 Å². The lowest BCUT2D eigenvalue weighted by Gasteiger charge is -2.08. The minimum absolute atomic E-state index is 0.159. The minimum atomic E-state index is -2.78. The molecule has 0 aliphatic rings. The molecule has 17 heavy (non-hydrogen) atoms. The molecule has 3 nitrogen and oxygen atoms in total. The van der Waals surface area contributed by atoms with Gasteiger partial charge >= 0.3 is 6.61 Å². The second-order valence-corrected chi connectivity index (χ2v) is 4.05. The molecule has 0 spiro atoms. The molecule has 0 heterocycles. The zero-order valence-electron chi connectivity index (χ0n) is 9.95. The van der Waals surface area contributed by atoms with Gasteiger partial charge in [0.05, 0.1) is 6.61 Å². The quantitative estimate of drug-likeness (QED) is 0.591. The van der Waals surface area contributed by atoms with Gasteiger partial charge in [0.25, 0.3) is 0 Å². The van der Waals surface area contributed by atoms with Crippen molar-refractivity contribution in [2.24, 2.45) is 5.92 Å². The number of alkyl halides is 2. The van der Waals surface area contributed by atoms with Crippen LogP contribution in [0, 0.1) is 5.92 Å². The molecule has 0 unspecified atom stereocenters. The van der Waals surface area contributed by atoms with Gasteiger partial charge in [0.2, 0.25) is 0 Å². The van der Waals surface area contributed by atoms with E-state index in [2.05, 4.69) is 24.1 Å². The molecule has 0 saturated heterocycles. The van der Waals surface area contributed by atoms with E-state index in [0.717, 1.165) is 5.56 Å². The first kappa shape index (κ1) is 13.9. The average Bonchev–Trinajstić information content (AvgIpc) is 2.25. The summed E-state index contributed by atoms with van der Waals surface area (Å²) < 4.78 is 28.0. The summed E-state index contributed by atoms with van der Waals surface area (Å²) in [6, 6.07) is 6.43. The van der Waals surface area contributed by atoms with Crippen LogP contribution in [0.3, 0.4) is 0 Å². The first-order valence-corrected chi connectivity index (χ1v) is 5.46. The molecule has 0 aliphatic heterocycles. The lowest BCUT2D eigenvalue weighted by atomic mass is 10.2. The Hall–Kier alpha value is -1.20. The Morgan fingerprint density at radius 2 is 1.82 bits per heavy atom. The van der Waals surface area contributed by atoms with Crippen LogP contribution in [0.5, 0.6) is 5.75 Å². The number of rotatable bonds is 7. The Morgan fingerprint density at radius 3 is 2.35 bits per heavy atom. The molecule has 0 radical (unpaired) electrons. The number of benzene rings is 1. The molecule has 0 saturated carbocycles. The van der Waals surface area contributed by atoms with E-state index in [-0.39, 0.29) is 5.75 Å². The Bertz CT molecular complexity index is 315. The summed E-state index contributed by atoms with van der Waals surface area (Å²) in [6.07, 6.45) is 0. The first-order chi connectivity index (χ1) is 8.08. The average molecular weight is 245 g/mol. The molecule has 96 valence electrons. The summed E-state index contributed by atoms with van der Waals surface area (Å²) >= 11 is 0. The third-order valence-corrected chi connectivity index (χ3v) is 1.94. The molecular weight excluding hydrogens is 228 g/mol. The number of hydroxylamine groups is 1. The predicted molar refractivity (Wildman–Crippen MR) is 60.7 cm³/mol. The van der Waals surface area contributed by atoms with Crippen molar-refractivity contribution in [2.45, 2.75) is 27.0 Å². The van der Waals surface area contributed by atoms with Gasteiger partial charge in [-0.2, -0.15) is 14.3 Å². The maximum Gasteiger partial charge on any atom is 0.387 e. The lowest BCUT2D eigenvalue weighted by Crippen LogP contribution is -2.17. The molecule has 1 aromatic rings. The van der Waals surface area contributed by atoms with Crippen molar-refractivity contribution >= 4 is 0 Å². The molecule has 0 bridgehead atoms. The molecule has 0 amide bonds. The molecule has 1 N–H and O–H groups in total. The Balaban J connectivity index is 2.30. The summed E-state index contributed by atoms with van der Waals surface area (Å²) in [4.78, 5) is 5.19. The molecule has 0 fully saturated rings. The van der Waals surface area contributed by atoms with E-state index in [1.165, 1.54) is 12.1 Å². The van der Waals surface area contributed by atoms with Crippen LogP contribution in [0.15, 0.2) is 24.3 Å². The van der Waals surface area contributed by atoms with Crippen LogP contribution in [-0.2, 0) is 11.4 Å². The Morgan fingerprint density at radius 1 is 1.18 bits per heavy atom. The third-order valence-electron chi connectivity index (χ3n) is 1.94. The Kier molecular flexibility index (Phi) is 5.86. The van der Waals surface area contributed by atoms with Gasteiger partial charge in [-0.25, -0.2) is 0 Å². The van der Waals surface area contributed by atoms with Crippen LogP contribution < -0.4 is 10.2 Å². The number of hydrogen-bond donors (Lipinski definition) is 1. The van der Waals surface area contributed by atoms with Gasteiger partial charge in [-0.15, -0.1) is 0 Å². The molecular formula is C12H17F2NO2. The highest BCUT2D eigenvalue weighted by atomic mass is 19.3. The summed E-state index contributed by atoms with van der Waals surface area (Å²) in [5, 5.41) is 0. The van der Waals surface area contributed by atoms with E-state index < -0.39 is 6.61 Å². The normalized spacial score (nSPS) is 11.2. The van der Waals surface area contributed by atoms with E-state index in [0.29, 0.717) is 19.1 Å². The van der Waals surface area contributed by atoms with Crippen LogP contribution in [0.25, 0.3) is 0 Å². The van der Waals surface area contributed by atoms with Gasteiger partial charge in [0, 0.05) is 6.54 Å². The fourth-order valence-corrected chi connectivity index (χ4v) is 1.15. The van der Waals surface area contributed by atoms with E-state index in [4.69, 9.17) is 4.84 Å². The van der Waals surface area contributed by atoms with Gasteiger partial charge in [0.1, 0.15) is 5.75 Å². The monoisotopic (exact) mass is 245 g/mol. The summed E-state index contributed by atoms with van der Waals surface area (Å²) in [5.74, 6) is 0.621. The maximum absolute atomic E-state index is 11.9. The zero-order chi connectivity index (χ0) is 12.7. The highest BCUT2D eigenvalue weighted by molar-refractivity contribution is 5.27. The van der Waals surface area contributed by atoms with Crippen molar-refractivity contribution in [3.63, 3.8) is 0 Å². The minimum Gasteiger partial charge on any atom is -0.435 e. The van der Waals surface area contributed by atoms with Crippen LogP contribution >= 0.6 is 0 Å². The molecule has 1 aromatic carbocycles. The van der Waals surface area contributed by atoms with Gasteiger partial charge in [-0.3, -0.25) is 0 Å². The van der Waals surface area contributed by atoms with Crippen molar-refractivity contribution < 1.29 is 18.4 Å². The smallest absolute Gasteiger partial charge is 0.387 e. The predicted octanol–water partition coefficient (Wildman–Crippen LogP) is 2.97. The highest BCUT2D eigenvalue weighted by Crippen LogP contribution is 2.14. The second-order valence-electron chi connectivity index (χ2n) is 4.05. The van der Waals surface area contributed by atoms with Gasteiger partial charge in [-0.1, -0.05) is 26.0 Å². The fraction of sp³-hybridized carbons (Fsp3) is 0.500. The van der Waals surface area contributed by atoms with Crippen LogP contribution in [0.1, 0.15) is 19.4 Å². The Labute approximate surface area is 99.7 Å². The third kappa shape index (κ3) is 6.19. The van der Waals surface area contributed by atoms with E-state index in [1.54, 1.807) is 12.1 Å². The molecule has 5 heteroatoms. The SMILES string of the molecule is CC(C)CONCc1ccc(OC(F)F)cc1. The number of nitrogens with one attached hydrogen (secondary N) is 1. The highest BCUT2D eigenvalue weighted by Gasteiger charge is 2.03. The topological polar surface area (TPSA) is 30.5 Å². The number of halogens is 2. The van der Waals surface area contributed by atoms with Gasteiger partial charge in [0.15, 0.2) is 0 Å². The van der Waals surface area contributed by atoms with Crippen LogP contribution in [0.2, 0.25) is 0 Å². The number of hydrogen-bond acceptors (Lipinski definition) is 3. The summed E-state index contributed by atoms with van der Waals surface area (Å²) in [5.41, 5.74) is 3.74. The van der Waals surface area contributed by atoms with Crippen molar-refractivity contribution in [3.05, 3.63) is 29.8 Å². The fourth-order valence-electron chi connectivity index (χ4n) is 1.15. The molecule has 0 aromatic heterocycles. The van der Waals surface area contributed by atoms with Gasteiger partial charge in [-0.05, 0) is 23.6 Å². The largest absolute Gasteiger partial charge is 0.435 e. The summed E-state index contributed by atoms with van der Waals surface area (Å²) in [6.45, 7) is 2.48. The number of ether oxygens (including phenoxy) is 1. The zero-order valence-corrected chi connectivity index (χ0v) is 9.95. The lowest BCUT2D eigenvalue weighted by molar-refractivity contribution is -0.0498. The van der Waals surface area contributed by atoms with E-state index in [1.807, 2.05) is 0 Å². The van der Waals surface area contributed by atoms with Crippen molar-refractivity contribution in [2.75, 3.05) is 6.61 Å². The standard InChI is InChI=1S/C12H17F2NO2/c1-9(2)8-16-15-7-10-3-5-11(6-4-10)17-12(13)14/h3-6,9,12,15H,7-8H2,1-2H3.